The highest BCUT2D eigenvalue weighted by molar-refractivity contribution is 7.17. The second kappa shape index (κ2) is 8.08. The summed E-state index contributed by atoms with van der Waals surface area (Å²) in [5.41, 5.74) is -0.446. The van der Waals surface area contributed by atoms with Gasteiger partial charge in [-0.3, -0.25) is 4.52 Å². The van der Waals surface area contributed by atoms with E-state index in [9.17, 15) is 4.57 Å². The summed E-state index contributed by atoms with van der Waals surface area (Å²) in [6, 6.07) is 7.03. The second-order valence-corrected chi connectivity index (χ2v) is 7.19. The van der Waals surface area contributed by atoms with E-state index < -0.39 is 20.1 Å². The van der Waals surface area contributed by atoms with Gasteiger partial charge in [0.05, 0.1) is 19.8 Å². The molecule has 0 aliphatic carbocycles. The maximum atomic E-state index is 10.6. The quantitative estimate of drug-likeness (QED) is 0.374. The van der Waals surface area contributed by atoms with Gasteiger partial charge in [0.1, 0.15) is 0 Å². The van der Waals surface area contributed by atoms with Crippen LogP contribution < -0.4 is 4.52 Å². The molecule has 1 fully saturated rings. The Morgan fingerprint density at radius 3 is 2.20 bits per heavy atom. The molecule has 1 saturated heterocycles. The molecule has 0 N–H and O–H groups in total. The van der Waals surface area contributed by atoms with Crippen molar-refractivity contribution in [2.75, 3.05) is 34.0 Å². The minimum absolute atomic E-state index is 0.272. The van der Waals surface area contributed by atoms with Crippen molar-refractivity contribution >= 4 is 8.69 Å². The Bertz CT molecular complexity index is 567. The lowest BCUT2D eigenvalue weighted by Crippen LogP contribution is -2.73. The van der Waals surface area contributed by atoms with Crippen molar-refractivity contribution in [3.05, 3.63) is 29.8 Å². The van der Waals surface area contributed by atoms with Crippen molar-refractivity contribution < 1.29 is 33.1 Å². The van der Waals surface area contributed by atoms with E-state index in [-0.39, 0.29) is 12.0 Å². The smallest absolute Gasteiger partial charge is 0.382 e. The van der Waals surface area contributed by atoms with Crippen LogP contribution in [-0.2, 0) is 34.3 Å². The van der Waals surface area contributed by atoms with Gasteiger partial charge in [-0.15, -0.1) is 0 Å². The molecule has 140 valence electrons. The van der Waals surface area contributed by atoms with Crippen LogP contribution >= 0.6 is 8.69 Å². The summed E-state index contributed by atoms with van der Waals surface area (Å²) in [5.74, 6) is -0.627. The van der Waals surface area contributed by atoms with Crippen molar-refractivity contribution in [2.24, 2.45) is 5.41 Å². The Morgan fingerprint density at radius 1 is 1.08 bits per heavy atom. The van der Waals surface area contributed by atoms with Crippen LogP contribution in [0.4, 0.5) is 0 Å². The maximum Gasteiger partial charge on any atom is 0.542 e. The third-order valence-electron chi connectivity index (χ3n) is 4.46. The van der Waals surface area contributed by atoms with Gasteiger partial charge < -0.3 is 14.2 Å². The third kappa shape index (κ3) is 3.58. The van der Waals surface area contributed by atoms with Crippen LogP contribution in [0.15, 0.2) is 24.3 Å². The molecule has 25 heavy (non-hydrogen) atoms. The first-order valence-electron chi connectivity index (χ1n) is 8.00. The Kier molecular flexibility index (Phi) is 6.54. The molecular weight excluding hydrogens is 347 g/mol. The lowest BCUT2D eigenvalue weighted by molar-refractivity contribution is -0.638. The molecular formula is C17H26O7P+. The summed E-state index contributed by atoms with van der Waals surface area (Å²) in [4.78, 5) is 11.2. The van der Waals surface area contributed by atoms with Gasteiger partial charge in [-0.1, -0.05) is 20.8 Å². The minimum atomic E-state index is -1.13. The molecule has 1 aromatic rings. The van der Waals surface area contributed by atoms with Crippen LogP contribution in [0, 0.1) is 5.41 Å². The molecule has 3 atom stereocenters. The normalized spacial score (nSPS) is 26.4. The van der Waals surface area contributed by atoms with Crippen molar-refractivity contribution in [3.63, 3.8) is 0 Å². The van der Waals surface area contributed by atoms with Gasteiger partial charge in [-0.05, 0) is 28.8 Å². The Labute approximate surface area is 149 Å². The lowest BCUT2D eigenvalue weighted by Gasteiger charge is -2.60. The van der Waals surface area contributed by atoms with Crippen LogP contribution in [0.1, 0.15) is 26.3 Å². The molecule has 3 unspecified atom stereocenters. The average molecular weight is 373 g/mol. The third-order valence-corrected chi connectivity index (χ3v) is 4.78. The average Bonchev–Trinajstić information content (AvgIpc) is 2.55. The first-order chi connectivity index (χ1) is 11.9. The molecule has 1 aromatic carbocycles. The molecule has 0 saturated carbocycles. The molecule has 7 nitrogen and oxygen atoms in total. The highest BCUT2D eigenvalue weighted by Crippen LogP contribution is 2.57. The number of rotatable bonds is 9. The van der Waals surface area contributed by atoms with Gasteiger partial charge >= 0.3 is 8.69 Å². The fraction of sp³-hybridized carbons (Fsp3) is 0.647. The molecule has 2 rings (SSSR count). The van der Waals surface area contributed by atoms with Crippen LogP contribution in [0.5, 0.6) is 5.75 Å². The molecule has 8 heteroatoms. The first kappa shape index (κ1) is 20.2. The van der Waals surface area contributed by atoms with Gasteiger partial charge in [0.2, 0.25) is 0 Å². The largest absolute Gasteiger partial charge is 0.542 e. The summed E-state index contributed by atoms with van der Waals surface area (Å²) in [6.45, 7) is 7.32. The zero-order valence-corrected chi connectivity index (χ0v) is 16.3. The number of methoxy groups -OCH3 is 2. The van der Waals surface area contributed by atoms with Gasteiger partial charge in [-0.2, -0.15) is 4.89 Å². The minimum Gasteiger partial charge on any atom is -0.382 e. The summed E-state index contributed by atoms with van der Waals surface area (Å²) < 4.78 is 32.2. The topological polar surface area (TPSA) is 72.5 Å². The standard InChI is InChI=1S/C17H26O7P/c1-15(2,3)16(12-21-11-10-19-4)17(20-5,24-23-16)13-6-8-14(9-7-13)22-25-18/h6-9,25H,10-12H2,1-5H3/q+1. The summed E-state index contributed by atoms with van der Waals surface area (Å²) >= 11 is 0. The molecule has 0 aromatic heterocycles. The van der Waals surface area contributed by atoms with E-state index >= 15 is 0 Å². The molecule has 1 aliphatic heterocycles. The van der Waals surface area contributed by atoms with Gasteiger partial charge in [-0.25, -0.2) is 4.89 Å². The molecule has 0 bridgehead atoms. The Morgan fingerprint density at radius 2 is 1.76 bits per heavy atom. The predicted molar refractivity (Wildman–Crippen MR) is 91.8 cm³/mol. The highest BCUT2D eigenvalue weighted by atomic mass is 31.1. The van der Waals surface area contributed by atoms with Crippen LogP contribution in [0.2, 0.25) is 0 Å². The zero-order chi connectivity index (χ0) is 18.6. The predicted octanol–water partition coefficient (Wildman–Crippen LogP) is 3.21. The van der Waals surface area contributed by atoms with E-state index in [0.29, 0.717) is 19.0 Å². The monoisotopic (exact) mass is 373 g/mol. The van der Waals surface area contributed by atoms with Crippen molar-refractivity contribution in [1.29, 1.82) is 0 Å². The number of hydrogen-bond acceptors (Lipinski definition) is 7. The summed E-state index contributed by atoms with van der Waals surface area (Å²) in [6.07, 6.45) is 0. The van der Waals surface area contributed by atoms with Gasteiger partial charge in [0.25, 0.3) is 5.79 Å². The van der Waals surface area contributed by atoms with Crippen LogP contribution in [0.3, 0.4) is 0 Å². The Hall–Kier alpha value is -1.08. The fourth-order valence-corrected chi connectivity index (χ4v) is 3.15. The Balaban J connectivity index is 2.33. The molecule has 0 radical (unpaired) electrons. The van der Waals surface area contributed by atoms with E-state index in [0.717, 1.165) is 5.56 Å². The van der Waals surface area contributed by atoms with Gasteiger partial charge in [0.15, 0.2) is 11.4 Å². The second-order valence-electron chi connectivity index (χ2n) is 6.82. The van der Waals surface area contributed by atoms with Crippen molar-refractivity contribution in [2.45, 2.75) is 32.2 Å². The number of ether oxygens (including phenoxy) is 3. The molecule has 1 heterocycles. The fourth-order valence-electron chi connectivity index (χ4n) is 2.92. The van der Waals surface area contributed by atoms with E-state index in [4.69, 9.17) is 28.5 Å². The lowest BCUT2D eigenvalue weighted by atomic mass is 9.68. The maximum absolute atomic E-state index is 10.6. The summed E-state index contributed by atoms with van der Waals surface area (Å²) in [7, 11) is 2.34. The molecule has 0 amide bonds. The van der Waals surface area contributed by atoms with Gasteiger partial charge in [0, 0.05) is 25.2 Å². The molecule has 0 spiro atoms. The van der Waals surface area contributed by atoms with E-state index in [1.54, 1.807) is 38.5 Å². The number of hydrogen-bond donors (Lipinski definition) is 0. The van der Waals surface area contributed by atoms with Crippen LogP contribution in [-0.4, -0.2) is 39.6 Å². The van der Waals surface area contributed by atoms with Crippen molar-refractivity contribution in [3.8, 4) is 5.75 Å². The SMILES string of the molecule is COCCOCC1(C(C)(C)C)OOC1(OC)c1ccc(O[PH+]=O)cc1. The highest BCUT2D eigenvalue weighted by Gasteiger charge is 2.71. The first-order valence-corrected chi connectivity index (χ1v) is 8.82. The zero-order valence-electron chi connectivity index (χ0n) is 15.3. The molecule has 1 aliphatic rings. The van der Waals surface area contributed by atoms with E-state index in [1.165, 1.54) is 0 Å². The number of benzene rings is 1. The van der Waals surface area contributed by atoms with E-state index in [1.807, 2.05) is 20.8 Å². The van der Waals surface area contributed by atoms with Crippen molar-refractivity contribution in [1.82, 2.24) is 0 Å². The summed E-state index contributed by atoms with van der Waals surface area (Å²) in [5, 5.41) is 0. The van der Waals surface area contributed by atoms with E-state index in [2.05, 4.69) is 0 Å². The van der Waals surface area contributed by atoms with Crippen LogP contribution in [0.25, 0.3) is 0 Å².